The van der Waals surface area contributed by atoms with E-state index in [0.29, 0.717) is 11.5 Å². The van der Waals surface area contributed by atoms with Gasteiger partial charge >= 0.3 is 17.9 Å². The van der Waals surface area contributed by atoms with E-state index in [1.165, 1.54) is 12.1 Å². The molecule has 0 atom stereocenters. The lowest BCUT2D eigenvalue weighted by Gasteiger charge is -2.25. The summed E-state index contributed by atoms with van der Waals surface area (Å²) >= 11 is 0. The third-order valence-corrected chi connectivity index (χ3v) is 6.65. The lowest BCUT2D eigenvalue weighted by atomic mass is 9.96. The summed E-state index contributed by atoms with van der Waals surface area (Å²) in [6, 6.07) is 28.5. The van der Waals surface area contributed by atoms with E-state index >= 15 is 0 Å². The van der Waals surface area contributed by atoms with E-state index in [2.05, 4.69) is 0 Å². The van der Waals surface area contributed by atoms with Crippen LogP contribution in [0.15, 0.2) is 97.1 Å². The minimum absolute atomic E-state index is 0.0337. The number of esters is 3. The van der Waals surface area contributed by atoms with Gasteiger partial charge in [0.05, 0.1) is 42.1 Å². The summed E-state index contributed by atoms with van der Waals surface area (Å²) in [5.41, 5.74) is 0.992. The maximum atomic E-state index is 14.4. The second-order valence-corrected chi connectivity index (χ2v) is 9.81. The molecule has 1 amide bonds. The highest BCUT2D eigenvalue weighted by Gasteiger charge is 2.30. The number of hydrogen-bond acceptors (Lipinski definition) is 8. The summed E-state index contributed by atoms with van der Waals surface area (Å²) in [4.78, 5) is 54.9. The normalized spacial score (nSPS) is 10.5. The van der Waals surface area contributed by atoms with Gasteiger partial charge < -0.3 is 23.8 Å². The standard InChI is InChI=1S/C36H35NO8/c1-4-42-34(39)30-22-32(36(41)44-6-3)31(35(40)43-5-2)21-29(30)33(38)37(23-25-13-9-7-10-14-25)24-26-17-19-28(20-18-26)45-27-15-11-8-12-16-27/h7-22H,4-6,23-24H2,1-3H3. The van der Waals surface area contributed by atoms with Gasteiger partial charge in [-0.25, -0.2) is 14.4 Å². The van der Waals surface area contributed by atoms with E-state index in [1.807, 2.05) is 84.9 Å². The average Bonchev–Trinajstić information content (AvgIpc) is 3.05. The zero-order valence-corrected chi connectivity index (χ0v) is 25.5. The first-order valence-corrected chi connectivity index (χ1v) is 14.7. The van der Waals surface area contributed by atoms with E-state index in [4.69, 9.17) is 18.9 Å². The minimum Gasteiger partial charge on any atom is -0.462 e. The number of carbonyl (C=O) groups is 4. The third-order valence-electron chi connectivity index (χ3n) is 6.65. The van der Waals surface area contributed by atoms with E-state index in [0.717, 1.165) is 11.1 Å². The molecular weight excluding hydrogens is 574 g/mol. The Labute approximate surface area is 262 Å². The topological polar surface area (TPSA) is 108 Å². The van der Waals surface area contributed by atoms with Crippen molar-refractivity contribution in [2.24, 2.45) is 0 Å². The van der Waals surface area contributed by atoms with Gasteiger partial charge in [-0.3, -0.25) is 4.79 Å². The fourth-order valence-corrected chi connectivity index (χ4v) is 4.59. The average molecular weight is 610 g/mol. The summed E-state index contributed by atoms with van der Waals surface area (Å²) in [5, 5.41) is 0. The molecule has 0 aliphatic rings. The van der Waals surface area contributed by atoms with E-state index in [-0.39, 0.29) is 55.2 Å². The molecule has 0 bridgehead atoms. The van der Waals surface area contributed by atoms with Crippen molar-refractivity contribution in [1.29, 1.82) is 0 Å². The van der Waals surface area contributed by atoms with Crippen molar-refractivity contribution in [2.75, 3.05) is 19.8 Å². The summed E-state index contributed by atoms with van der Waals surface area (Å²) in [7, 11) is 0. The van der Waals surface area contributed by atoms with Crippen molar-refractivity contribution in [3.63, 3.8) is 0 Å². The van der Waals surface area contributed by atoms with Crippen LogP contribution in [0.25, 0.3) is 0 Å². The van der Waals surface area contributed by atoms with Gasteiger partial charge in [0, 0.05) is 13.1 Å². The monoisotopic (exact) mass is 609 g/mol. The number of carbonyl (C=O) groups excluding carboxylic acids is 4. The van der Waals surface area contributed by atoms with Crippen LogP contribution in [0.4, 0.5) is 0 Å². The smallest absolute Gasteiger partial charge is 0.339 e. The molecule has 0 aliphatic carbocycles. The molecule has 232 valence electrons. The molecule has 0 unspecified atom stereocenters. The predicted octanol–water partition coefficient (Wildman–Crippen LogP) is 6.85. The Morgan fingerprint density at radius 2 is 0.911 bits per heavy atom. The van der Waals surface area contributed by atoms with Crippen molar-refractivity contribution < 1.29 is 38.1 Å². The van der Waals surface area contributed by atoms with Crippen molar-refractivity contribution in [3.05, 3.63) is 130 Å². The van der Waals surface area contributed by atoms with Crippen molar-refractivity contribution >= 4 is 23.8 Å². The summed E-state index contributed by atoms with van der Waals surface area (Å²) in [6.45, 7) is 5.34. The van der Waals surface area contributed by atoms with Gasteiger partial charge in [-0.2, -0.15) is 0 Å². The van der Waals surface area contributed by atoms with Crippen LogP contribution < -0.4 is 4.74 Å². The van der Waals surface area contributed by atoms with Gasteiger partial charge in [0.2, 0.25) is 0 Å². The maximum Gasteiger partial charge on any atom is 0.339 e. The van der Waals surface area contributed by atoms with Crippen LogP contribution in [0.1, 0.15) is 73.3 Å². The summed E-state index contributed by atoms with van der Waals surface area (Å²) < 4.78 is 21.5. The second-order valence-electron chi connectivity index (χ2n) is 9.81. The van der Waals surface area contributed by atoms with Crippen molar-refractivity contribution in [1.82, 2.24) is 4.90 Å². The molecular formula is C36H35NO8. The lowest BCUT2D eigenvalue weighted by molar-refractivity contribution is 0.0474. The highest BCUT2D eigenvalue weighted by Crippen LogP contribution is 2.26. The molecule has 0 N–H and O–H groups in total. The Morgan fingerprint density at radius 3 is 1.40 bits per heavy atom. The first kappa shape index (κ1) is 32.5. The van der Waals surface area contributed by atoms with Gasteiger partial charge in [-0.1, -0.05) is 60.7 Å². The van der Waals surface area contributed by atoms with Gasteiger partial charge in [0.1, 0.15) is 11.5 Å². The Morgan fingerprint density at radius 1 is 0.511 bits per heavy atom. The predicted molar refractivity (Wildman–Crippen MR) is 167 cm³/mol. The molecule has 0 aliphatic heterocycles. The Bertz CT molecular complexity index is 1620. The molecule has 4 aromatic rings. The van der Waals surface area contributed by atoms with Crippen molar-refractivity contribution in [3.8, 4) is 11.5 Å². The number of benzene rings is 4. The molecule has 9 heteroatoms. The number of para-hydroxylation sites is 1. The lowest BCUT2D eigenvalue weighted by Crippen LogP contribution is -2.32. The van der Waals surface area contributed by atoms with Gasteiger partial charge in [-0.05, 0) is 68.3 Å². The molecule has 45 heavy (non-hydrogen) atoms. The highest BCUT2D eigenvalue weighted by molar-refractivity contribution is 6.11. The number of rotatable bonds is 13. The molecule has 0 aromatic heterocycles. The second kappa shape index (κ2) is 15.9. The van der Waals surface area contributed by atoms with Crippen molar-refractivity contribution in [2.45, 2.75) is 33.9 Å². The SMILES string of the molecule is CCOC(=O)c1cc(C(=O)OCC)c(C(=O)N(Cc2ccccc2)Cc2ccc(Oc3ccccc3)cc2)cc1C(=O)OCC. The van der Waals surface area contributed by atoms with Gasteiger partial charge in [-0.15, -0.1) is 0 Å². The summed E-state index contributed by atoms with van der Waals surface area (Å²) in [5.74, 6) is -1.69. The number of nitrogens with zero attached hydrogens (tertiary/aromatic N) is 1. The zero-order chi connectivity index (χ0) is 32.2. The molecule has 9 nitrogen and oxygen atoms in total. The third kappa shape index (κ3) is 8.57. The van der Waals surface area contributed by atoms with Gasteiger partial charge in [0.15, 0.2) is 0 Å². The van der Waals surface area contributed by atoms with E-state index in [1.54, 1.807) is 25.7 Å². The molecule has 0 heterocycles. The van der Waals surface area contributed by atoms with E-state index < -0.39 is 23.8 Å². The first-order chi connectivity index (χ1) is 21.8. The molecule has 0 radical (unpaired) electrons. The molecule has 4 aromatic carbocycles. The quantitative estimate of drug-likeness (QED) is 0.120. The van der Waals surface area contributed by atoms with Crippen LogP contribution in [-0.4, -0.2) is 48.5 Å². The van der Waals surface area contributed by atoms with Crippen LogP contribution in [0.3, 0.4) is 0 Å². The molecule has 0 spiro atoms. The van der Waals surface area contributed by atoms with Gasteiger partial charge in [0.25, 0.3) is 5.91 Å². The molecule has 0 saturated heterocycles. The first-order valence-electron chi connectivity index (χ1n) is 14.7. The molecule has 4 rings (SSSR count). The van der Waals surface area contributed by atoms with Crippen LogP contribution in [0.5, 0.6) is 11.5 Å². The largest absolute Gasteiger partial charge is 0.462 e. The fraction of sp³-hybridized carbons (Fsp3) is 0.222. The molecule has 0 fully saturated rings. The van der Waals surface area contributed by atoms with E-state index in [9.17, 15) is 19.2 Å². The minimum atomic E-state index is -0.830. The Balaban J connectivity index is 1.76. The summed E-state index contributed by atoms with van der Waals surface area (Å²) in [6.07, 6.45) is 0. The number of hydrogen-bond donors (Lipinski definition) is 0. The molecule has 0 saturated carbocycles. The fourth-order valence-electron chi connectivity index (χ4n) is 4.59. The number of amides is 1. The Kier molecular flexibility index (Phi) is 11.4. The maximum absolute atomic E-state index is 14.4. The zero-order valence-electron chi connectivity index (χ0n) is 25.5. The Hall–Kier alpha value is -5.44. The highest BCUT2D eigenvalue weighted by atomic mass is 16.5. The van der Waals surface area contributed by atoms with Crippen LogP contribution in [-0.2, 0) is 27.3 Å². The van der Waals surface area contributed by atoms with Crippen LogP contribution in [0.2, 0.25) is 0 Å². The number of ether oxygens (including phenoxy) is 4. The van der Waals surface area contributed by atoms with Crippen LogP contribution in [0, 0.1) is 0 Å². The van der Waals surface area contributed by atoms with Crippen LogP contribution >= 0.6 is 0 Å².